The van der Waals surface area contributed by atoms with Crippen molar-refractivity contribution in [2.24, 2.45) is 5.41 Å². The number of hydrogen-bond donors (Lipinski definition) is 2. The molecule has 7 heteroatoms. The fraction of sp³-hybridized carbons (Fsp3) is 0.500. The summed E-state index contributed by atoms with van der Waals surface area (Å²) in [4.78, 5) is 23.2. The number of aliphatic carboxylic acids is 1. The molecule has 0 aliphatic heterocycles. The number of carboxylic acid groups (broad SMARTS) is 1. The molecule has 0 aliphatic rings. The second-order valence-electron chi connectivity index (χ2n) is 5.25. The lowest BCUT2D eigenvalue weighted by molar-refractivity contribution is -0.150. The van der Waals surface area contributed by atoms with Gasteiger partial charge in [-0.1, -0.05) is 11.6 Å². The minimum Gasteiger partial charge on any atom is -0.481 e. The SMILES string of the molecule is CC(C)(NC(=O)c1ccc(Cl)nn1)C(C)(C)C(=O)O. The van der Waals surface area contributed by atoms with E-state index in [1.54, 1.807) is 27.7 Å². The van der Waals surface area contributed by atoms with Gasteiger partial charge < -0.3 is 10.4 Å². The molecule has 1 rings (SSSR count). The number of halogens is 1. The molecule has 0 saturated carbocycles. The molecule has 0 aromatic carbocycles. The van der Waals surface area contributed by atoms with E-state index in [0.29, 0.717) is 0 Å². The van der Waals surface area contributed by atoms with Crippen molar-refractivity contribution in [2.45, 2.75) is 33.2 Å². The zero-order valence-electron chi connectivity index (χ0n) is 11.2. The van der Waals surface area contributed by atoms with E-state index < -0.39 is 22.8 Å². The van der Waals surface area contributed by atoms with E-state index in [4.69, 9.17) is 11.6 Å². The van der Waals surface area contributed by atoms with Crippen molar-refractivity contribution in [1.82, 2.24) is 15.5 Å². The van der Waals surface area contributed by atoms with Gasteiger partial charge in [0, 0.05) is 0 Å². The summed E-state index contributed by atoms with van der Waals surface area (Å²) in [6.45, 7) is 6.37. The first-order valence-electron chi connectivity index (χ1n) is 5.63. The maximum absolute atomic E-state index is 12.0. The molecular formula is C12H16ClN3O3. The first-order valence-corrected chi connectivity index (χ1v) is 6.01. The lowest BCUT2D eigenvalue weighted by Crippen LogP contribution is -2.57. The third kappa shape index (κ3) is 3.20. The van der Waals surface area contributed by atoms with Crippen molar-refractivity contribution in [3.8, 4) is 0 Å². The van der Waals surface area contributed by atoms with Crippen molar-refractivity contribution < 1.29 is 14.7 Å². The first kappa shape index (κ1) is 15.4. The van der Waals surface area contributed by atoms with Crippen LogP contribution in [0.5, 0.6) is 0 Å². The first-order chi connectivity index (χ1) is 8.58. The van der Waals surface area contributed by atoms with Gasteiger partial charge in [0.15, 0.2) is 10.8 Å². The monoisotopic (exact) mass is 285 g/mol. The Kier molecular flexibility index (Phi) is 4.15. The quantitative estimate of drug-likeness (QED) is 0.879. The highest BCUT2D eigenvalue weighted by Gasteiger charge is 2.44. The molecule has 2 N–H and O–H groups in total. The van der Waals surface area contributed by atoms with E-state index in [2.05, 4.69) is 15.5 Å². The molecule has 104 valence electrons. The molecule has 6 nitrogen and oxygen atoms in total. The Morgan fingerprint density at radius 1 is 1.21 bits per heavy atom. The minimum atomic E-state index is -1.14. The van der Waals surface area contributed by atoms with Crippen LogP contribution in [0.3, 0.4) is 0 Å². The van der Waals surface area contributed by atoms with Crippen LogP contribution in [0.4, 0.5) is 0 Å². The standard InChI is InChI=1S/C12H16ClN3O3/c1-11(2,10(18)19)12(3,4)14-9(17)7-5-6-8(13)16-15-7/h5-6H,1-4H3,(H,14,17)(H,18,19). The van der Waals surface area contributed by atoms with E-state index in [-0.39, 0.29) is 10.8 Å². The molecule has 0 aliphatic carbocycles. The Hall–Kier alpha value is -1.69. The van der Waals surface area contributed by atoms with Gasteiger partial charge in [-0.05, 0) is 39.8 Å². The lowest BCUT2D eigenvalue weighted by atomic mass is 9.74. The van der Waals surface area contributed by atoms with Gasteiger partial charge in [-0.2, -0.15) is 0 Å². The Morgan fingerprint density at radius 2 is 1.79 bits per heavy atom. The number of nitrogens with zero attached hydrogens (tertiary/aromatic N) is 2. The van der Waals surface area contributed by atoms with Gasteiger partial charge in [0.2, 0.25) is 0 Å². The summed E-state index contributed by atoms with van der Waals surface area (Å²) in [5, 5.41) is 19.2. The summed E-state index contributed by atoms with van der Waals surface area (Å²) in [7, 11) is 0. The minimum absolute atomic E-state index is 0.0821. The summed E-state index contributed by atoms with van der Waals surface area (Å²) in [6, 6.07) is 2.87. The molecule has 0 saturated heterocycles. The van der Waals surface area contributed by atoms with Crippen LogP contribution < -0.4 is 5.32 Å². The van der Waals surface area contributed by atoms with E-state index in [1.165, 1.54) is 12.1 Å². The molecule has 19 heavy (non-hydrogen) atoms. The number of aromatic nitrogens is 2. The summed E-state index contributed by atoms with van der Waals surface area (Å²) in [5.74, 6) is -1.50. The van der Waals surface area contributed by atoms with E-state index in [0.717, 1.165) is 0 Å². The Morgan fingerprint density at radius 3 is 2.21 bits per heavy atom. The fourth-order valence-corrected chi connectivity index (χ4v) is 1.31. The molecule has 0 bridgehead atoms. The molecule has 1 aromatic heterocycles. The van der Waals surface area contributed by atoms with Crippen molar-refractivity contribution in [3.63, 3.8) is 0 Å². The van der Waals surface area contributed by atoms with E-state index in [9.17, 15) is 14.7 Å². The second-order valence-corrected chi connectivity index (χ2v) is 5.64. The third-order valence-electron chi connectivity index (χ3n) is 3.39. The zero-order valence-corrected chi connectivity index (χ0v) is 11.9. The molecule has 1 heterocycles. The van der Waals surface area contributed by atoms with Gasteiger partial charge in [0.05, 0.1) is 11.0 Å². The van der Waals surface area contributed by atoms with Crippen molar-refractivity contribution >= 4 is 23.5 Å². The van der Waals surface area contributed by atoms with Gasteiger partial charge >= 0.3 is 5.97 Å². The zero-order chi connectivity index (χ0) is 14.8. The van der Waals surface area contributed by atoms with E-state index >= 15 is 0 Å². The van der Waals surface area contributed by atoms with Crippen molar-refractivity contribution in [3.05, 3.63) is 23.0 Å². The number of rotatable bonds is 4. The summed E-state index contributed by atoms with van der Waals surface area (Å²) < 4.78 is 0. The summed E-state index contributed by atoms with van der Waals surface area (Å²) in [5.41, 5.74) is -2.02. The molecule has 0 unspecified atom stereocenters. The Labute approximate surface area is 116 Å². The largest absolute Gasteiger partial charge is 0.481 e. The van der Waals surface area contributed by atoms with Gasteiger partial charge in [-0.3, -0.25) is 9.59 Å². The number of carbonyl (C=O) groups is 2. The van der Waals surface area contributed by atoms with Crippen LogP contribution in [0.2, 0.25) is 5.15 Å². The smallest absolute Gasteiger partial charge is 0.311 e. The number of carbonyl (C=O) groups excluding carboxylic acids is 1. The van der Waals surface area contributed by atoms with Crippen LogP contribution in [-0.4, -0.2) is 32.7 Å². The fourth-order valence-electron chi connectivity index (χ4n) is 1.21. The van der Waals surface area contributed by atoms with Gasteiger partial charge in [-0.25, -0.2) is 0 Å². The third-order valence-corrected chi connectivity index (χ3v) is 3.59. The van der Waals surface area contributed by atoms with Crippen LogP contribution in [0.1, 0.15) is 38.2 Å². The van der Waals surface area contributed by atoms with Crippen LogP contribution in [0.25, 0.3) is 0 Å². The molecular weight excluding hydrogens is 270 g/mol. The number of hydrogen-bond acceptors (Lipinski definition) is 4. The normalized spacial score (nSPS) is 12.1. The summed E-state index contributed by atoms with van der Waals surface area (Å²) in [6.07, 6.45) is 0. The number of amides is 1. The highest BCUT2D eigenvalue weighted by atomic mass is 35.5. The average molecular weight is 286 g/mol. The second kappa shape index (κ2) is 5.13. The number of nitrogens with one attached hydrogen (secondary N) is 1. The molecule has 1 aromatic rings. The predicted octanol–water partition coefficient (Wildman–Crippen LogP) is 1.75. The van der Waals surface area contributed by atoms with Crippen LogP contribution in [-0.2, 0) is 4.79 Å². The maximum atomic E-state index is 12.0. The molecule has 1 amide bonds. The molecule has 0 atom stereocenters. The highest BCUT2D eigenvalue weighted by molar-refractivity contribution is 6.29. The van der Waals surface area contributed by atoms with Gasteiger partial charge in [-0.15, -0.1) is 10.2 Å². The molecule has 0 fully saturated rings. The Bertz CT molecular complexity index is 497. The van der Waals surface area contributed by atoms with Crippen LogP contribution >= 0.6 is 11.6 Å². The highest BCUT2D eigenvalue weighted by Crippen LogP contribution is 2.30. The maximum Gasteiger partial charge on any atom is 0.311 e. The average Bonchev–Trinajstić information content (AvgIpc) is 2.28. The Balaban J connectivity index is 2.92. The summed E-state index contributed by atoms with van der Waals surface area (Å²) >= 11 is 5.58. The van der Waals surface area contributed by atoms with Gasteiger partial charge in [0.25, 0.3) is 5.91 Å². The predicted molar refractivity (Wildman–Crippen MR) is 70.0 cm³/mol. The van der Waals surface area contributed by atoms with E-state index in [1.807, 2.05) is 0 Å². The van der Waals surface area contributed by atoms with Crippen LogP contribution in [0.15, 0.2) is 12.1 Å². The van der Waals surface area contributed by atoms with Crippen molar-refractivity contribution in [2.75, 3.05) is 0 Å². The lowest BCUT2D eigenvalue weighted by Gasteiger charge is -2.38. The van der Waals surface area contributed by atoms with Crippen molar-refractivity contribution in [1.29, 1.82) is 0 Å². The van der Waals surface area contributed by atoms with Gasteiger partial charge in [0.1, 0.15) is 0 Å². The number of carboxylic acids is 1. The topological polar surface area (TPSA) is 92.2 Å². The molecule has 0 spiro atoms. The van der Waals surface area contributed by atoms with Crippen LogP contribution in [0, 0.1) is 5.41 Å². The molecule has 0 radical (unpaired) electrons.